The number of aromatic nitrogens is 2. The summed E-state index contributed by atoms with van der Waals surface area (Å²) in [6.07, 6.45) is 0. The van der Waals surface area contributed by atoms with Crippen molar-refractivity contribution in [2.45, 2.75) is 0 Å². The van der Waals surface area contributed by atoms with Crippen LogP contribution in [0, 0.1) is 29.5 Å². The largest absolute Gasteiger partial charge is 0.311 e. The second-order valence-electron chi connectivity index (χ2n) is 18.7. The van der Waals surface area contributed by atoms with Gasteiger partial charge in [0.25, 0.3) is 0 Å². The van der Waals surface area contributed by atoms with E-state index < -0.39 is 0 Å². The van der Waals surface area contributed by atoms with E-state index in [4.69, 9.17) is 6.57 Å². The molecule has 0 bridgehead atoms. The number of nitriles is 1. The molecule has 0 N–H and O–H groups in total. The second-order valence-corrected chi connectivity index (χ2v) is 18.7. The summed E-state index contributed by atoms with van der Waals surface area (Å²) < 4.78 is 32.6. The van der Waals surface area contributed by atoms with Crippen molar-refractivity contribution < 1.29 is 8.78 Å². The molecule has 0 saturated heterocycles. The fourth-order valence-corrected chi connectivity index (χ4v) is 10.7. The van der Waals surface area contributed by atoms with Crippen LogP contribution in [0.5, 0.6) is 0 Å². The zero-order valence-electron chi connectivity index (χ0n) is 40.7. The van der Waals surface area contributed by atoms with E-state index in [2.05, 4.69) is 163 Å². The van der Waals surface area contributed by atoms with E-state index in [0.29, 0.717) is 11.3 Å². The molecule has 13 rings (SSSR count). The molecule has 358 valence electrons. The highest BCUT2D eigenvalue weighted by Gasteiger charge is 2.21. The molecule has 0 atom stereocenters. The number of hydrogen-bond donors (Lipinski definition) is 0. The van der Waals surface area contributed by atoms with Crippen LogP contribution in [0.3, 0.4) is 0 Å². The summed E-state index contributed by atoms with van der Waals surface area (Å²) in [6.45, 7) is 7.63. The number of rotatable bonds is 10. The van der Waals surface area contributed by atoms with Gasteiger partial charge in [0, 0.05) is 67.0 Å². The lowest BCUT2D eigenvalue weighted by atomic mass is 9.98. The molecule has 0 radical (unpaired) electrons. The number of benzene rings is 11. The highest BCUT2D eigenvalue weighted by atomic mass is 19.1. The number of anilines is 6. The number of para-hydroxylation sites is 2. The fourth-order valence-electron chi connectivity index (χ4n) is 10.7. The van der Waals surface area contributed by atoms with Gasteiger partial charge in [-0.25, -0.2) is 13.6 Å². The molecule has 0 aliphatic carbocycles. The Balaban J connectivity index is 0.863. The number of hydrogen-bond acceptors (Lipinski definition) is 3. The molecule has 2 aromatic heterocycles. The van der Waals surface area contributed by atoms with E-state index in [9.17, 15) is 14.0 Å². The van der Waals surface area contributed by atoms with Gasteiger partial charge in [-0.2, -0.15) is 5.26 Å². The van der Waals surface area contributed by atoms with Gasteiger partial charge in [0.2, 0.25) is 0 Å². The van der Waals surface area contributed by atoms with Gasteiger partial charge in [0.1, 0.15) is 11.6 Å². The van der Waals surface area contributed by atoms with Gasteiger partial charge < -0.3 is 18.9 Å². The summed E-state index contributed by atoms with van der Waals surface area (Å²) in [5, 5.41) is 14.0. The van der Waals surface area contributed by atoms with Gasteiger partial charge in [-0.1, -0.05) is 91.0 Å². The Labute approximate surface area is 437 Å². The first-order valence-electron chi connectivity index (χ1n) is 24.9. The SMILES string of the molecule is [C-]#[N+]c1ccc(N(c2ccc(-c3cccc(-c4cccc(N(c5ccc(C#N)cc5)c5ccc6c(c5)c5ccccc5n6-c5ccc(F)cc5)c4)c3)cc2)c2ccc3c(c2)c2ccccc2n3-c2ccc(F)cc2)cc1. The molecule has 76 heavy (non-hydrogen) atoms. The summed E-state index contributed by atoms with van der Waals surface area (Å²) >= 11 is 0. The van der Waals surface area contributed by atoms with Crippen molar-refractivity contribution >= 4 is 83.4 Å². The Hall–Kier alpha value is -10.5. The summed E-state index contributed by atoms with van der Waals surface area (Å²) in [5.74, 6) is -0.561. The molecule has 0 saturated carbocycles. The van der Waals surface area contributed by atoms with Crippen LogP contribution in [0.15, 0.2) is 255 Å². The van der Waals surface area contributed by atoms with Gasteiger partial charge >= 0.3 is 0 Å². The molecule has 0 amide bonds. The first kappa shape index (κ1) is 45.3. The lowest BCUT2D eigenvalue weighted by molar-refractivity contribution is 0.627. The molecular weight excluding hydrogens is 939 g/mol. The molecule has 0 aliphatic heterocycles. The van der Waals surface area contributed by atoms with Crippen molar-refractivity contribution in [1.29, 1.82) is 5.26 Å². The zero-order chi connectivity index (χ0) is 51.3. The minimum absolute atomic E-state index is 0.280. The van der Waals surface area contributed by atoms with Crippen LogP contribution in [0.1, 0.15) is 5.56 Å². The monoisotopic (exact) mass is 980 g/mol. The van der Waals surface area contributed by atoms with Crippen LogP contribution in [-0.2, 0) is 0 Å². The van der Waals surface area contributed by atoms with Crippen molar-refractivity contribution in [3.05, 3.63) is 283 Å². The number of nitrogens with zero attached hydrogens (tertiary/aromatic N) is 6. The summed E-state index contributed by atoms with van der Waals surface area (Å²) in [5.41, 5.74) is 16.8. The van der Waals surface area contributed by atoms with Gasteiger partial charge in [-0.05, 0) is 186 Å². The van der Waals surface area contributed by atoms with Crippen molar-refractivity contribution in [1.82, 2.24) is 9.13 Å². The first-order chi connectivity index (χ1) is 37.4. The van der Waals surface area contributed by atoms with E-state index in [0.717, 1.165) is 111 Å². The summed E-state index contributed by atoms with van der Waals surface area (Å²) in [7, 11) is 0. The van der Waals surface area contributed by atoms with Crippen molar-refractivity contribution in [3.63, 3.8) is 0 Å². The van der Waals surface area contributed by atoms with Gasteiger partial charge in [-0.3, -0.25) is 0 Å². The van der Waals surface area contributed by atoms with Crippen molar-refractivity contribution in [2.75, 3.05) is 9.80 Å². The third kappa shape index (κ3) is 8.04. The van der Waals surface area contributed by atoms with Crippen LogP contribution in [-0.4, -0.2) is 9.13 Å². The topological polar surface area (TPSA) is 44.5 Å². The molecule has 13 aromatic rings. The fraction of sp³-hybridized carbons (Fsp3) is 0. The second kappa shape index (κ2) is 18.8. The highest BCUT2D eigenvalue weighted by molar-refractivity contribution is 6.12. The molecule has 6 nitrogen and oxygen atoms in total. The maximum atomic E-state index is 14.1. The van der Waals surface area contributed by atoms with Gasteiger partial charge in [-0.15, -0.1) is 0 Å². The van der Waals surface area contributed by atoms with Crippen LogP contribution in [0.2, 0.25) is 0 Å². The third-order valence-electron chi connectivity index (χ3n) is 14.2. The number of fused-ring (bicyclic) bond motifs is 6. The molecule has 0 spiro atoms. The lowest BCUT2D eigenvalue weighted by Crippen LogP contribution is -2.10. The average molecular weight is 981 g/mol. The Morgan fingerprint density at radius 3 is 1.28 bits per heavy atom. The Kier molecular flexibility index (Phi) is 11.2. The van der Waals surface area contributed by atoms with Crippen molar-refractivity contribution in [2.24, 2.45) is 0 Å². The Morgan fingerprint density at radius 1 is 0.355 bits per heavy atom. The minimum Gasteiger partial charge on any atom is -0.311 e. The Morgan fingerprint density at radius 2 is 0.763 bits per heavy atom. The predicted octanol–water partition coefficient (Wildman–Crippen LogP) is 18.9. The molecule has 8 heteroatoms. The van der Waals surface area contributed by atoms with E-state index in [1.807, 2.05) is 97.1 Å². The van der Waals surface area contributed by atoms with Crippen molar-refractivity contribution in [3.8, 4) is 39.7 Å². The lowest BCUT2D eigenvalue weighted by Gasteiger charge is -2.26. The molecule has 0 aliphatic rings. The summed E-state index contributed by atoms with van der Waals surface area (Å²) in [6, 6.07) is 86.0. The molecule has 0 unspecified atom stereocenters. The third-order valence-corrected chi connectivity index (χ3v) is 14.2. The molecular formula is C68H42F2N6. The Bertz CT molecular complexity index is 4430. The van der Waals surface area contributed by atoms with E-state index in [-0.39, 0.29) is 11.6 Å². The standard InChI is InChI=1S/C68H42F2N6/c1-72-52-24-34-55(35-25-52)73(59-36-38-67-63(42-59)61-12-2-4-14-65(61)75(67)56-30-20-50(69)21-31-56)54-28-18-46(19-29-54)47-8-6-9-48(40-47)49-10-7-11-58(41-49)74(53-26-16-45(44-71)17-27-53)60-37-39-68-64(43-60)62-13-3-5-15-66(62)76(68)57-32-22-51(70)23-33-57/h2-43H. The molecule has 0 fully saturated rings. The zero-order valence-corrected chi connectivity index (χ0v) is 40.7. The average Bonchev–Trinajstić information content (AvgIpc) is 3.99. The van der Waals surface area contributed by atoms with Crippen LogP contribution < -0.4 is 9.80 Å². The van der Waals surface area contributed by atoms with E-state index >= 15 is 0 Å². The maximum absolute atomic E-state index is 14.1. The van der Waals surface area contributed by atoms with Gasteiger partial charge in [0.05, 0.1) is 40.3 Å². The van der Waals surface area contributed by atoms with Crippen LogP contribution in [0.4, 0.5) is 48.6 Å². The molecule has 11 aromatic carbocycles. The quantitative estimate of drug-likeness (QED) is 0.128. The minimum atomic E-state index is -0.282. The van der Waals surface area contributed by atoms with E-state index in [1.165, 1.54) is 24.3 Å². The summed E-state index contributed by atoms with van der Waals surface area (Å²) in [4.78, 5) is 8.10. The number of halogens is 2. The smallest absolute Gasteiger partial charge is 0.187 e. The normalized spacial score (nSPS) is 11.3. The molecule has 2 heterocycles. The highest BCUT2D eigenvalue weighted by Crippen LogP contribution is 2.43. The van der Waals surface area contributed by atoms with Crippen LogP contribution >= 0.6 is 0 Å². The maximum Gasteiger partial charge on any atom is 0.187 e. The predicted molar refractivity (Wildman–Crippen MR) is 306 cm³/mol. The van der Waals surface area contributed by atoms with E-state index in [1.54, 1.807) is 0 Å². The first-order valence-corrected chi connectivity index (χ1v) is 24.9. The van der Waals surface area contributed by atoms with Gasteiger partial charge in [0.15, 0.2) is 5.69 Å². The van der Waals surface area contributed by atoms with Crippen LogP contribution in [0.25, 0.3) is 82.1 Å².